The van der Waals surface area contributed by atoms with Crippen LogP contribution in [0.15, 0.2) is 12.1 Å². The first-order valence-corrected chi connectivity index (χ1v) is 11.9. The second kappa shape index (κ2) is 10.4. The van der Waals surface area contributed by atoms with Gasteiger partial charge in [0.15, 0.2) is 12.6 Å². The first kappa shape index (κ1) is 23.3. The number of fused-ring (bicyclic) bond motifs is 1. The van der Waals surface area contributed by atoms with E-state index in [2.05, 4.69) is 6.92 Å². The lowest BCUT2D eigenvalue weighted by molar-refractivity contribution is -0.269. The highest BCUT2D eigenvalue weighted by molar-refractivity contribution is 5.97. The summed E-state index contributed by atoms with van der Waals surface area (Å²) in [7, 11) is 3.12. The minimum Gasteiger partial charge on any atom is -0.496 e. The van der Waals surface area contributed by atoms with Gasteiger partial charge in [-0.1, -0.05) is 12.8 Å². The molecule has 0 radical (unpaired) electrons. The zero-order valence-corrected chi connectivity index (χ0v) is 19.5. The van der Waals surface area contributed by atoms with Gasteiger partial charge in [0.2, 0.25) is 0 Å². The number of rotatable bonds is 10. The van der Waals surface area contributed by atoms with Crippen molar-refractivity contribution in [3.05, 3.63) is 23.3 Å². The maximum atomic E-state index is 12.4. The Morgan fingerprint density at radius 3 is 2.66 bits per heavy atom. The lowest BCUT2D eigenvalue weighted by Gasteiger charge is -2.38. The fourth-order valence-electron chi connectivity index (χ4n) is 5.20. The van der Waals surface area contributed by atoms with Gasteiger partial charge in [-0.3, -0.25) is 0 Å². The molecule has 3 heterocycles. The third kappa shape index (κ3) is 5.21. The molecule has 2 saturated heterocycles. The minimum atomic E-state index is -0.327. The molecule has 32 heavy (non-hydrogen) atoms. The Kier molecular flexibility index (Phi) is 7.59. The molecule has 1 aromatic carbocycles. The Balaban J connectivity index is 1.26. The van der Waals surface area contributed by atoms with Gasteiger partial charge < -0.3 is 28.4 Å². The molecule has 7 heteroatoms. The zero-order valence-electron chi connectivity index (χ0n) is 19.5. The molecule has 3 aliphatic rings. The maximum absolute atomic E-state index is 12.4. The van der Waals surface area contributed by atoms with E-state index in [1.807, 2.05) is 6.07 Å². The molecular formula is C25H36O7. The summed E-state index contributed by atoms with van der Waals surface area (Å²) in [6.07, 6.45) is 10.8. The molecule has 1 spiro atoms. The van der Waals surface area contributed by atoms with Crippen LogP contribution in [0.5, 0.6) is 11.5 Å². The standard InChI is InChI=1S/C25H36O7/c1-17-11-13-25(31-17)12-7-9-18(32-25)8-5-4-6-10-21-20-14-19(29-16-27-2)15-22(28-3)23(20)24(26)30-21/h14-15,17-18,21H,4-13,16H2,1-3H3. The van der Waals surface area contributed by atoms with Gasteiger partial charge in [-0.2, -0.15) is 0 Å². The van der Waals surface area contributed by atoms with Crippen molar-refractivity contribution in [1.29, 1.82) is 0 Å². The smallest absolute Gasteiger partial charge is 0.342 e. The summed E-state index contributed by atoms with van der Waals surface area (Å²) in [5.74, 6) is 0.448. The van der Waals surface area contributed by atoms with Crippen LogP contribution in [0.25, 0.3) is 0 Å². The van der Waals surface area contributed by atoms with Gasteiger partial charge >= 0.3 is 5.97 Å². The summed E-state index contributed by atoms with van der Waals surface area (Å²) < 4.78 is 34.1. The summed E-state index contributed by atoms with van der Waals surface area (Å²) in [6.45, 7) is 2.27. The van der Waals surface area contributed by atoms with Crippen LogP contribution in [-0.4, -0.2) is 45.0 Å². The highest BCUT2D eigenvalue weighted by Crippen LogP contribution is 2.43. The van der Waals surface area contributed by atoms with Gasteiger partial charge in [0.1, 0.15) is 23.2 Å². The van der Waals surface area contributed by atoms with E-state index in [0.717, 1.165) is 63.4 Å². The van der Waals surface area contributed by atoms with E-state index >= 15 is 0 Å². The Hall–Kier alpha value is -1.83. The largest absolute Gasteiger partial charge is 0.496 e. The summed E-state index contributed by atoms with van der Waals surface area (Å²) >= 11 is 0. The first-order chi connectivity index (χ1) is 15.5. The SMILES string of the molecule is COCOc1cc(OC)c2c(c1)C(CCCCCC1CCCC3(CCC(C)O3)O1)OC2=O. The molecule has 4 unspecified atom stereocenters. The molecule has 4 atom stereocenters. The zero-order chi connectivity index (χ0) is 22.6. The monoisotopic (exact) mass is 448 g/mol. The number of hydrogen-bond donors (Lipinski definition) is 0. The third-order valence-corrected chi connectivity index (χ3v) is 6.78. The number of cyclic esters (lactones) is 1. The number of methoxy groups -OCH3 is 2. The fourth-order valence-corrected chi connectivity index (χ4v) is 5.20. The number of hydrogen-bond acceptors (Lipinski definition) is 7. The number of unbranched alkanes of at least 4 members (excludes halogenated alkanes) is 2. The van der Waals surface area contributed by atoms with E-state index in [0.29, 0.717) is 29.3 Å². The van der Waals surface area contributed by atoms with Gasteiger partial charge in [-0.15, -0.1) is 0 Å². The number of ether oxygens (including phenoxy) is 6. The summed E-state index contributed by atoms with van der Waals surface area (Å²) in [5, 5.41) is 0. The minimum absolute atomic E-state index is 0.135. The molecule has 0 amide bonds. The van der Waals surface area contributed by atoms with Crippen LogP contribution in [-0.2, 0) is 18.9 Å². The molecule has 4 rings (SSSR count). The molecule has 1 aromatic rings. The topological polar surface area (TPSA) is 72.5 Å². The van der Waals surface area contributed by atoms with Gasteiger partial charge in [0.25, 0.3) is 0 Å². The normalized spacial score (nSPS) is 29.2. The lowest BCUT2D eigenvalue weighted by Crippen LogP contribution is -2.40. The average Bonchev–Trinajstić information content (AvgIpc) is 3.30. The summed E-state index contributed by atoms with van der Waals surface area (Å²) in [5.41, 5.74) is 1.35. The van der Waals surface area contributed by atoms with Gasteiger partial charge in [-0.05, 0) is 51.5 Å². The van der Waals surface area contributed by atoms with Crippen molar-refractivity contribution in [3.8, 4) is 11.5 Å². The van der Waals surface area contributed by atoms with Crippen LogP contribution in [0.3, 0.4) is 0 Å². The Labute approximate surface area is 190 Å². The van der Waals surface area contributed by atoms with Crippen LogP contribution >= 0.6 is 0 Å². The van der Waals surface area contributed by atoms with Crippen molar-refractivity contribution in [1.82, 2.24) is 0 Å². The molecular weight excluding hydrogens is 412 g/mol. The van der Waals surface area contributed by atoms with Crippen molar-refractivity contribution < 1.29 is 33.2 Å². The van der Waals surface area contributed by atoms with Crippen molar-refractivity contribution in [3.63, 3.8) is 0 Å². The number of esters is 1. The van der Waals surface area contributed by atoms with Gasteiger partial charge in [0, 0.05) is 31.6 Å². The highest BCUT2D eigenvalue weighted by Gasteiger charge is 2.43. The highest BCUT2D eigenvalue weighted by atomic mass is 16.7. The fraction of sp³-hybridized carbons (Fsp3) is 0.720. The molecule has 0 aliphatic carbocycles. The van der Waals surface area contributed by atoms with E-state index in [9.17, 15) is 4.79 Å². The number of carbonyl (C=O) groups excluding carboxylic acids is 1. The van der Waals surface area contributed by atoms with E-state index in [1.165, 1.54) is 6.42 Å². The lowest BCUT2D eigenvalue weighted by atomic mass is 9.95. The Morgan fingerprint density at radius 2 is 1.91 bits per heavy atom. The van der Waals surface area contributed by atoms with Gasteiger partial charge in [-0.25, -0.2) is 4.79 Å². The van der Waals surface area contributed by atoms with E-state index in [-0.39, 0.29) is 24.7 Å². The van der Waals surface area contributed by atoms with Gasteiger partial charge in [0.05, 0.1) is 19.3 Å². The summed E-state index contributed by atoms with van der Waals surface area (Å²) in [4.78, 5) is 12.4. The van der Waals surface area contributed by atoms with Crippen molar-refractivity contribution in [2.24, 2.45) is 0 Å². The van der Waals surface area contributed by atoms with E-state index in [1.54, 1.807) is 20.3 Å². The predicted molar refractivity (Wildman–Crippen MR) is 118 cm³/mol. The van der Waals surface area contributed by atoms with Crippen LogP contribution in [0.4, 0.5) is 0 Å². The molecule has 178 valence electrons. The number of benzene rings is 1. The Bertz CT molecular complexity index is 791. The average molecular weight is 449 g/mol. The van der Waals surface area contributed by atoms with Crippen LogP contribution in [0, 0.1) is 0 Å². The first-order valence-electron chi connectivity index (χ1n) is 11.9. The molecule has 0 aromatic heterocycles. The van der Waals surface area contributed by atoms with Crippen molar-refractivity contribution >= 4 is 5.97 Å². The van der Waals surface area contributed by atoms with Crippen molar-refractivity contribution in [2.75, 3.05) is 21.0 Å². The number of carbonyl (C=O) groups is 1. The van der Waals surface area contributed by atoms with Crippen LogP contribution in [0.1, 0.15) is 93.2 Å². The van der Waals surface area contributed by atoms with Crippen LogP contribution in [0.2, 0.25) is 0 Å². The third-order valence-electron chi connectivity index (χ3n) is 6.78. The molecule has 0 N–H and O–H groups in total. The maximum Gasteiger partial charge on any atom is 0.342 e. The quantitative estimate of drug-likeness (QED) is 0.273. The summed E-state index contributed by atoms with van der Waals surface area (Å²) in [6, 6.07) is 3.57. The molecule has 0 saturated carbocycles. The second-order valence-electron chi connectivity index (χ2n) is 9.18. The van der Waals surface area contributed by atoms with Crippen LogP contribution < -0.4 is 9.47 Å². The van der Waals surface area contributed by atoms with E-state index < -0.39 is 0 Å². The predicted octanol–water partition coefficient (Wildman–Crippen LogP) is 5.30. The molecule has 7 nitrogen and oxygen atoms in total. The van der Waals surface area contributed by atoms with E-state index in [4.69, 9.17) is 28.4 Å². The Morgan fingerprint density at radius 1 is 1.06 bits per heavy atom. The molecule has 2 fully saturated rings. The van der Waals surface area contributed by atoms with Crippen molar-refractivity contribution in [2.45, 2.75) is 95.2 Å². The molecule has 0 bridgehead atoms. The second-order valence-corrected chi connectivity index (χ2v) is 9.18. The molecule has 3 aliphatic heterocycles.